The molecule has 8 N–H and O–H groups in total. The van der Waals surface area contributed by atoms with Crippen molar-refractivity contribution in [1.29, 1.82) is 0 Å². The molecule has 0 aliphatic heterocycles. The molecular formula is C62H124N6O11Si. The highest BCUT2D eigenvalue weighted by Crippen LogP contribution is 2.60. The zero-order valence-corrected chi connectivity index (χ0v) is 53.5. The maximum Gasteiger partial charge on any atom is 0.500 e. The minimum absolute atomic E-state index is 0.00398. The second-order valence-electron chi connectivity index (χ2n) is 24.1. The summed E-state index contributed by atoms with van der Waals surface area (Å²) in [5, 5.41) is 6.10. The number of nitrogens with two attached hydrogens (primary N) is 3. The lowest BCUT2D eigenvalue weighted by Crippen LogP contribution is -2.51. The van der Waals surface area contributed by atoms with E-state index in [0.29, 0.717) is 147 Å². The number of amides is 3. The quantitative estimate of drug-likeness (QED) is 0.0283. The fourth-order valence-corrected chi connectivity index (χ4v) is 16.3. The van der Waals surface area contributed by atoms with Crippen LogP contribution in [0.5, 0.6) is 0 Å². The zero-order chi connectivity index (χ0) is 58.3. The van der Waals surface area contributed by atoms with E-state index in [0.717, 1.165) is 116 Å². The lowest BCUT2D eigenvalue weighted by atomic mass is 9.54. The smallest absolute Gasteiger partial charge is 0.378 e. The first-order valence-corrected chi connectivity index (χ1v) is 34.6. The maximum atomic E-state index is 13.8. The summed E-state index contributed by atoms with van der Waals surface area (Å²) in [6, 6.07) is 0.704. The largest absolute Gasteiger partial charge is 0.500 e. The molecule has 0 aromatic carbocycles. The molecule has 3 rings (SSSR count). The van der Waals surface area contributed by atoms with Crippen LogP contribution in [-0.2, 0) is 46.5 Å². The van der Waals surface area contributed by atoms with Gasteiger partial charge in [0.15, 0.2) is 0 Å². The highest BCUT2D eigenvalue weighted by molar-refractivity contribution is 6.60. The maximum absolute atomic E-state index is 13.8. The predicted molar refractivity (Wildman–Crippen MR) is 325 cm³/mol. The van der Waals surface area contributed by atoms with E-state index in [2.05, 4.69) is 50.2 Å². The summed E-state index contributed by atoms with van der Waals surface area (Å²) >= 11 is 0. The van der Waals surface area contributed by atoms with E-state index in [-0.39, 0.29) is 41.1 Å². The first-order valence-electron chi connectivity index (χ1n) is 32.7. The molecule has 0 bridgehead atoms. The average Bonchev–Trinajstić information content (AvgIpc) is 3.81. The summed E-state index contributed by atoms with van der Waals surface area (Å²) in [6.45, 7) is 29.0. The Kier molecular flexibility index (Phi) is 39.2. The van der Waals surface area contributed by atoms with E-state index < -0.39 is 8.80 Å². The molecule has 3 fully saturated rings. The van der Waals surface area contributed by atoms with Gasteiger partial charge >= 0.3 is 14.8 Å². The zero-order valence-electron chi connectivity index (χ0n) is 52.5. The van der Waals surface area contributed by atoms with Gasteiger partial charge in [0.05, 0.1) is 58.0 Å². The summed E-state index contributed by atoms with van der Waals surface area (Å²) in [7, 11) is -2.68. The van der Waals surface area contributed by atoms with Gasteiger partial charge < -0.3 is 74.4 Å². The Morgan fingerprint density at radius 2 is 1.15 bits per heavy atom. The Hall–Kier alpha value is -1.52. The molecular weight excluding hydrogens is 1030 g/mol. The van der Waals surface area contributed by atoms with Gasteiger partial charge in [-0.05, 0) is 184 Å². The number of ether oxygens (including phenoxy) is 6. The average molecular weight is 1160 g/mol. The minimum Gasteiger partial charge on any atom is -0.378 e. The molecule has 80 heavy (non-hydrogen) atoms. The summed E-state index contributed by atoms with van der Waals surface area (Å²) in [4.78, 5) is 28.3. The predicted octanol–water partition coefficient (Wildman–Crippen LogP) is 10.0. The number of urea groups is 1. The third-order valence-corrected chi connectivity index (χ3v) is 21.6. The topological polar surface area (TPSA) is 223 Å². The lowest BCUT2D eigenvalue weighted by molar-refractivity contribution is -0.135. The van der Waals surface area contributed by atoms with Crippen molar-refractivity contribution in [2.24, 2.45) is 57.6 Å². The molecule has 17 nitrogen and oxygen atoms in total. The van der Waals surface area contributed by atoms with Crippen LogP contribution in [0.15, 0.2) is 0 Å². The van der Waals surface area contributed by atoms with Crippen LogP contribution in [0.3, 0.4) is 0 Å². The Labute approximate surface area is 489 Å². The van der Waals surface area contributed by atoms with Gasteiger partial charge in [-0.3, -0.25) is 4.79 Å². The van der Waals surface area contributed by atoms with Crippen LogP contribution in [-0.4, -0.2) is 169 Å². The van der Waals surface area contributed by atoms with E-state index in [1.807, 2.05) is 20.8 Å². The summed E-state index contributed by atoms with van der Waals surface area (Å²) in [6.07, 6.45) is 23.2. The number of hydrogen-bond donors (Lipinski definition) is 5. The van der Waals surface area contributed by atoms with Crippen molar-refractivity contribution >= 4 is 20.7 Å². The fourth-order valence-electron chi connectivity index (χ4n) is 13.6. The van der Waals surface area contributed by atoms with E-state index in [1.165, 1.54) is 38.5 Å². The van der Waals surface area contributed by atoms with E-state index in [9.17, 15) is 9.59 Å². The van der Waals surface area contributed by atoms with Gasteiger partial charge in [0, 0.05) is 78.3 Å². The summed E-state index contributed by atoms with van der Waals surface area (Å²) in [5.41, 5.74) is 18.1. The summed E-state index contributed by atoms with van der Waals surface area (Å²) < 4.78 is 55.5. The number of rotatable bonds is 47. The molecule has 10 atom stereocenters. The Morgan fingerprint density at radius 3 is 1.77 bits per heavy atom. The van der Waals surface area contributed by atoms with Gasteiger partial charge in [-0.25, -0.2) is 4.79 Å². The van der Waals surface area contributed by atoms with Crippen LogP contribution in [0.1, 0.15) is 197 Å². The van der Waals surface area contributed by atoms with Crippen molar-refractivity contribution in [3.05, 3.63) is 0 Å². The molecule has 3 saturated carbocycles. The first-order chi connectivity index (χ1) is 38.8. The number of carbonyl (C=O) groups is 2. The lowest BCUT2D eigenvalue weighted by Gasteiger charge is -2.54. The van der Waals surface area contributed by atoms with Crippen LogP contribution < -0.4 is 27.8 Å². The number of nitrogens with one attached hydrogen (secondary N) is 2. The number of nitrogens with zero attached hydrogens (tertiary/aromatic N) is 1. The number of fused-ring (bicyclic) bond motifs is 2. The van der Waals surface area contributed by atoms with Crippen LogP contribution in [0.4, 0.5) is 4.79 Å². The molecule has 18 heteroatoms. The first kappa shape index (κ1) is 72.7. The monoisotopic (exact) mass is 1160 g/mol. The molecule has 3 aliphatic rings. The molecule has 1 unspecified atom stereocenters. The normalized spacial score (nSPS) is 25.7. The van der Waals surface area contributed by atoms with Crippen molar-refractivity contribution < 1.29 is 51.3 Å². The highest BCUT2D eigenvalue weighted by atomic mass is 28.4. The second-order valence-corrected chi connectivity index (χ2v) is 26.8. The van der Waals surface area contributed by atoms with Gasteiger partial charge in [0.1, 0.15) is 0 Å². The molecule has 0 saturated heterocycles. The Morgan fingerprint density at radius 1 is 0.600 bits per heavy atom. The molecule has 472 valence electrons. The van der Waals surface area contributed by atoms with Crippen molar-refractivity contribution in [1.82, 2.24) is 15.5 Å². The van der Waals surface area contributed by atoms with Crippen LogP contribution >= 0.6 is 0 Å². The number of carbonyl (C=O) groups excluding carboxylic acids is 2. The van der Waals surface area contributed by atoms with Gasteiger partial charge in [0.2, 0.25) is 5.91 Å². The SMILES string of the molecule is CCCCCCCCN(CCC[C@@H](C)[C@H]1CC[C@H]2C[C@H](OCCCN)CC3C[C@H](OCCCN)CC[C@]3(C)[C@H](C)C[C@H](OCCCN)[C@@]21C)C(=O)NCCOCCOCCOCCNC(=O)CCCC[Si](OCC)(OCC)OCC. The van der Waals surface area contributed by atoms with Gasteiger partial charge in [0.25, 0.3) is 0 Å². The minimum atomic E-state index is -2.68. The number of unbranched alkanes of at least 4 members (excludes halogenated alkanes) is 6. The Bertz CT molecular complexity index is 1550. The van der Waals surface area contributed by atoms with Crippen molar-refractivity contribution in [2.45, 2.75) is 221 Å². The van der Waals surface area contributed by atoms with Gasteiger partial charge in [-0.15, -0.1) is 0 Å². The molecule has 0 spiro atoms. The van der Waals surface area contributed by atoms with Gasteiger partial charge in [-0.2, -0.15) is 0 Å². The molecule has 3 amide bonds. The van der Waals surface area contributed by atoms with Crippen LogP contribution in [0, 0.1) is 40.4 Å². The van der Waals surface area contributed by atoms with Crippen molar-refractivity contribution in [3.63, 3.8) is 0 Å². The molecule has 0 aromatic rings. The fraction of sp³-hybridized carbons (Fsp3) is 0.968. The molecule has 0 heterocycles. The van der Waals surface area contributed by atoms with Gasteiger partial charge in [-0.1, -0.05) is 66.7 Å². The third-order valence-electron chi connectivity index (χ3n) is 18.5. The van der Waals surface area contributed by atoms with Crippen LogP contribution in [0.2, 0.25) is 6.04 Å². The third kappa shape index (κ3) is 26.4. The highest BCUT2D eigenvalue weighted by Gasteiger charge is 2.56. The van der Waals surface area contributed by atoms with Crippen molar-refractivity contribution in [3.8, 4) is 0 Å². The van der Waals surface area contributed by atoms with E-state index >= 15 is 0 Å². The van der Waals surface area contributed by atoms with E-state index in [4.69, 9.17) is 58.9 Å². The molecule has 0 aromatic heterocycles. The molecule has 3 aliphatic carbocycles. The second kappa shape index (κ2) is 43.1. The number of hydrogen-bond acceptors (Lipinski definition) is 14. The van der Waals surface area contributed by atoms with Crippen LogP contribution in [0.25, 0.3) is 0 Å². The van der Waals surface area contributed by atoms with E-state index in [1.54, 1.807) is 0 Å². The molecule has 0 radical (unpaired) electrons. The standard InChI is InChI=1S/C62H124N6O11Si/c1-9-13-14-15-16-18-35-68(60(70)67-34-41-72-43-45-73-44-42-71-40-33-66-59(69)25-17-19-46-80(77-10-2,78-11-3)79-12-4)36-20-24-51(5)57-27-26-53-48-56(75-38-22-31-64)50-54-49-55(74-37-21-30-63)28-29-61(54,7)52(6)47-58(62(53,57)8)76-39-23-32-65/h51-58H,9-50,63-65H2,1-8H3,(H,66,69)(H,67,70)/t51-,52-,53+,54?,55-,56+,57-,58+,61-,62+/m1/s1. The summed E-state index contributed by atoms with van der Waals surface area (Å²) in [5.74, 6) is 2.45. The Balaban J connectivity index is 1.51. The van der Waals surface area contributed by atoms with Crippen molar-refractivity contribution in [2.75, 3.05) is 125 Å².